The number of hydrogen-bond donors (Lipinski definition) is 10. The van der Waals surface area contributed by atoms with Crippen LogP contribution in [-0.2, 0) is 19.2 Å². The lowest BCUT2D eigenvalue weighted by Crippen LogP contribution is -2.58. The van der Waals surface area contributed by atoms with E-state index in [4.69, 9.17) is 28.7 Å². The Morgan fingerprint density at radius 2 is 1.32 bits per heavy atom. The standard InChI is InChI=1S/C21H42N10O5S/c1-3-11(2)15(19(35)36)31-18(34)14(10-37)30-17(33)13(7-5-9-28-21(25)26)29-16(32)12(22)6-4-8-27-20(23)24/h11-15,37H,3-10,22H2,1-2H3,(H,29,32)(H,30,33)(H,31,34)(H,35,36)(H4,23,24,27)(H4,25,26,28). The van der Waals surface area contributed by atoms with Gasteiger partial charge in [-0.15, -0.1) is 0 Å². The van der Waals surface area contributed by atoms with E-state index in [9.17, 15) is 24.3 Å². The predicted molar refractivity (Wildman–Crippen MR) is 145 cm³/mol. The maximum absolute atomic E-state index is 13.0. The second-order valence-corrected chi connectivity index (χ2v) is 8.88. The summed E-state index contributed by atoms with van der Waals surface area (Å²) >= 11 is 4.12. The number of guanidine groups is 2. The Bertz CT molecular complexity index is 818. The van der Waals surface area contributed by atoms with Crippen molar-refractivity contribution in [2.75, 3.05) is 18.8 Å². The second-order valence-electron chi connectivity index (χ2n) is 8.52. The van der Waals surface area contributed by atoms with Crippen molar-refractivity contribution in [3.63, 3.8) is 0 Å². The maximum atomic E-state index is 13.0. The zero-order valence-electron chi connectivity index (χ0n) is 21.4. The van der Waals surface area contributed by atoms with Crippen LogP contribution >= 0.6 is 12.6 Å². The average Bonchev–Trinajstić information content (AvgIpc) is 2.83. The van der Waals surface area contributed by atoms with Crippen molar-refractivity contribution < 1.29 is 24.3 Å². The molecule has 0 saturated heterocycles. The van der Waals surface area contributed by atoms with Crippen molar-refractivity contribution in [2.24, 2.45) is 44.6 Å². The topological polar surface area (TPSA) is 279 Å². The summed E-state index contributed by atoms with van der Waals surface area (Å²) in [5.41, 5.74) is 27.1. The van der Waals surface area contributed by atoms with Gasteiger partial charge in [0, 0.05) is 18.8 Å². The van der Waals surface area contributed by atoms with E-state index in [-0.39, 0.29) is 43.0 Å². The Hall–Kier alpha value is -3.27. The van der Waals surface area contributed by atoms with Crippen LogP contribution in [0.15, 0.2) is 9.98 Å². The number of carbonyl (C=O) groups excluding carboxylic acids is 3. The molecule has 5 unspecified atom stereocenters. The number of carboxylic acids is 1. The molecular formula is C21H42N10O5S. The van der Waals surface area contributed by atoms with Gasteiger partial charge >= 0.3 is 5.97 Å². The summed E-state index contributed by atoms with van der Waals surface area (Å²) in [6.45, 7) is 3.98. The molecule has 0 aromatic carbocycles. The molecule has 14 N–H and O–H groups in total. The number of carboxylic acid groups (broad SMARTS) is 1. The van der Waals surface area contributed by atoms with Crippen molar-refractivity contribution in [3.05, 3.63) is 0 Å². The Balaban J connectivity index is 5.37. The number of rotatable bonds is 18. The Kier molecular flexibility index (Phi) is 16.5. The predicted octanol–water partition coefficient (Wildman–Crippen LogP) is -3.06. The van der Waals surface area contributed by atoms with E-state index in [1.807, 2.05) is 0 Å². The molecule has 5 atom stereocenters. The molecule has 0 heterocycles. The highest BCUT2D eigenvalue weighted by molar-refractivity contribution is 7.80. The van der Waals surface area contributed by atoms with E-state index in [2.05, 4.69) is 38.6 Å². The number of hydrogen-bond acceptors (Lipinski definition) is 8. The summed E-state index contributed by atoms with van der Waals surface area (Å²) < 4.78 is 0. The van der Waals surface area contributed by atoms with E-state index >= 15 is 0 Å². The lowest BCUT2D eigenvalue weighted by molar-refractivity contribution is -0.143. The van der Waals surface area contributed by atoms with Gasteiger partial charge in [0.05, 0.1) is 6.04 Å². The first-order valence-electron chi connectivity index (χ1n) is 11.9. The third-order valence-electron chi connectivity index (χ3n) is 5.48. The molecule has 37 heavy (non-hydrogen) atoms. The maximum Gasteiger partial charge on any atom is 0.326 e. The number of nitrogens with zero attached hydrogens (tertiary/aromatic N) is 2. The monoisotopic (exact) mass is 546 g/mol. The third kappa shape index (κ3) is 14.2. The molecule has 0 aliphatic carbocycles. The van der Waals surface area contributed by atoms with Crippen LogP contribution in [0.5, 0.6) is 0 Å². The molecule has 0 spiro atoms. The van der Waals surface area contributed by atoms with Crippen LogP contribution in [0.2, 0.25) is 0 Å². The van der Waals surface area contributed by atoms with Gasteiger partial charge in [-0.1, -0.05) is 20.3 Å². The summed E-state index contributed by atoms with van der Waals surface area (Å²) in [7, 11) is 0. The summed E-state index contributed by atoms with van der Waals surface area (Å²) in [5.74, 6) is -3.79. The summed E-state index contributed by atoms with van der Waals surface area (Å²) in [6.07, 6.45) is 1.70. The Morgan fingerprint density at radius 1 is 0.838 bits per heavy atom. The van der Waals surface area contributed by atoms with Gasteiger partial charge in [0.15, 0.2) is 11.9 Å². The van der Waals surface area contributed by atoms with E-state index in [0.29, 0.717) is 25.8 Å². The van der Waals surface area contributed by atoms with Crippen molar-refractivity contribution >= 4 is 48.2 Å². The number of aliphatic imine (C=N–C) groups is 2. The number of nitrogens with one attached hydrogen (secondary N) is 3. The first-order chi connectivity index (χ1) is 17.3. The number of carbonyl (C=O) groups is 4. The molecule has 3 amide bonds. The smallest absolute Gasteiger partial charge is 0.326 e. The molecule has 0 saturated carbocycles. The number of amides is 3. The first-order valence-corrected chi connectivity index (χ1v) is 12.6. The van der Waals surface area contributed by atoms with Crippen molar-refractivity contribution in [3.8, 4) is 0 Å². The van der Waals surface area contributed by atoms with E-state index in [1.165, 1.54) is 0 Å². The van der Waals surface area contributed by atoms with Crippen molar-refractivity contribution in [1.29, 1.82) is 0 Å². The minimum Gasteiger partial charge on any atom is -0.480 e. The fraction of sp³-hybridized carbons (Fsp3) is 0.714. The van der Waals surface area contributed by atoms with Crippen LogP contribution in [0.25, 0.3) is 0 Å². The zero-order chi connectivity index (χ0) is 28.5. The summed E-state index contributed by atoms with van der Waals surface area (Å²) in [4.78, 5) is 57.6. The molecule has 212 valence electrons. The van der Waals surface area contributed by atoms with Gasteiger partial charge in [-0.05, 0) is 31.6 Å². The molecule has 0 radical (unpaired) electrons. The molecule has 0 fully saturated rings. The normalized spacial score (nSPS) is 14.7. The highest BCUT2D eigenvalue weighted by atomic mass is 32.1. The lowest BCUT2D eigenvalue weighted by Gasteiger charge is -2.26. The van der Waals surface area contributed by atoms with Gasteiger partial charge < -0.3 is 49.7 Å². The fourth-order valence-corrected chi connectivity index (χ4v) is 3.36. The minimum absolute atomic E-state index is 0.0721. The van der Waals surface area contributed by atoms with E-state index < -0.39 is 47.9 Å². The molecule has 0 aliphatic rings. The van der Waals surface area contributed by atoms with Crippen LogP contribution in [0.3, 0.4) is 0 Å². The van der Waals surface area contributed by atoms with Crippen molar-refractivity contribution in [1.82, 2.24) is 16.0 Å². The Morgan fingerprint density at radius 3 is 1.78 bits per heavy atom. The number of aliphatic carboxylic acids is 1. The van der Waals surface area contributed by atoms with Crippen molar-refractivity contribution in [2.45, 2.75) is 70.1 Å². The van der Waals surface area contributed by atoms with Crippen LogP contribution < -0.4 is 44.6 Å². The molecule has 0 aliphatic heterocycles. The second kappa shape index (κ2) is 18.0. The molecule has 0 bridgehead atoms. The van der Waals surface area contributed by atoms with Gasteiger partial charge in [-0.3, -0.25) is 24.4 Å². The van der Waals surface area contributed by atoms with Gasteiger partial charge in [0.25, 0.3) is 0 Å². The van der Waals surface area contributed by atoms with Gasteiger partial charge in [0.2, 0.25) is 17.7 Å². The molecule has 15 nitrogen and oxygen atoms in total. The fourth-order valence-electron chi connectivity index (χ4n) is 3.10. The number of thiol groups is 1. The highest BCUT2D eigenvalue weighted by Gasteiger charge is 2.31. The first kappa shape index (κ1) is 33.7. The van der Waals surface area contributed by atoms with Crippen LogP contribution in [0, 0.1) is 5.92 Å². The summed E-state index contributed by atoms with van der Waals surface area (Å²) in [6, 6.07) is -4.28. The SMILES string of the molecule is CCC(C)C(NC(=O)C(CS)NC(=O)C(CCCN=C(N)N)NC(=O)C(N)CCCN=C(N)N)C(=O)O. The molecule has 16 heteroatoms. The molecule has 0 rings (SSSR count). The van der Waals surface area contributed by atoms with E-state index in [1.54, 1.807) is 13.8 Å². The molecule has 0 aromatic rings. The van der Waals surface area contributed by atoms with Gasteiger partial charge in [0.1, 0.15) is 18.1 Å². The molecular weight excluding hydrogens is 504 g/mol. The largest absolute Gasteiger partial charge is 0.480 e. The Labute approximate surface area is 222 Å². The highest BCUT2D eigenvalue weighted by Crippen LogP contribution is 2.09. The number of nitrogens with two attached hydrogens (primary N) is 5. The van der Waals surface area contributed by atoms with Crippen LogP contribution in [-0.4, -0.2) is 83.7 Å². The minimum atomic E-state index is -1.19. The third-order valence-corrected chi connectivity index (χ3v) is 5.84. The van der Waals surface area contributed by atoms with Crippen LogP contribution in [0.4, 0.5) is 0 Å². The summed E-state index contributed by atoms with van der Waals surface area (Å²) in [5, 5.41) is 17.0. The molecule has 0 aromatic heterocycles. The van der Waals surface area contributed by atoms with Gasteiger partial charge in [-0.2, -0.15) is 12.6 Å². The lowest BCUT2D eigenvalue weighted by atomic mass is 9.99. The van der Waals surface area contributed by atoms with Gasteiger partial charge in [-0.25, -0.2) is 4.79 Å². The zero-order valence-corrected chi connectivity index (χ0v) is 22.2. The quantitative estimate of drug-likeness (QED) is 0.0358. The van der Waals surface area contributed by atoms with E-state index in [0.717, 1.165) is 0 Å². The van der Waals surface area contributed by atoms with Crippen LogP contribution in [0.1, 0.15) is 46.0 Å². The average molecular weight is 547 g/mol.